The third-order valence-electron chi connectivity index (χ3n) is 5.66. The van der Waals surface area contributed by atoms with Gasteiger partial charge in [0, 0.05) is 28.2 Å². The lowest BCUT2D eigenvalue weighted by atomic mass is 9.96. The number of nitrogens with one attached hydrogen (secondary N) is 1. The van der Waals surface area contributed by atoms with Crippen LogP contribution in [-0.2, 0) is 11.0 Å². The summed E-state index contributed by atoms with van der Waals surface area (Å²) in [5.74, 6) is -0.0934. The summed E-state index contributed by atoms with van der Waals surface area (Å²) >= 11 is 6.01. The van der Waals surface area contributed by atoms with Crippen LogP contribution in [-0.4, -0.2) is 13.0 Å². The molecule has 1 N–H and O–H groups in total. The lowest BCUT2D eigenvalue weighted by molar-refractivity contribution is -0.137. The first-order valence-corrected chi connectivity index (χ1v) is 11.0. The third kappa shape index (κ3) is 4.91. The lowest BCUT2D eigenvalue weighted by Crippen LogP contribution is -2.11. The van der Waals surface area contributed by atoms with Crippen molar-refractivity contribution in [3.8, 4) is 16.9 Å². The van der Waals surface area contributed by atoms with Crippen molar-refractivity contribution in [1.82, 2.24) is 0 Å². The predicted octanol–water partition coefficient (Wildman–Crippen LogP) is 8.13. The van der Waals surface area contributed by atoms with Crippen molar-refractivity contribution < 1.29 is 27.1 Å². The smallest absolute Gasteiger partial charge is 0.416 e. The normalized spacial score (nSPS) is 12.1. The molecule has 0 saturated heterocycles. The van der Waals surface area contributed by atoms with E-state index in [0.29, 0.717) is 22.5 Å². The number of fused-ring (bicyclic) bond motifs is 1. The number of allylic oxidation sites excluding steroid dienone is 1. The number of aryl methyl sites for hydroxylation is 1. The van der Waals surface area contributed by atoms with Gasteiger partial charge in [0.05, 0.1) is 29.6 Å². The van der Waals surface area contributed by atoms with Gasteiger partial charge < -0.3 is 14.5 Å². The maximum absolute atomic E-state index is 13.1. The Morgan fingerprint density at radius 1 is 1.11 bits per heavy atom. The summed E-state index contributed by atoms with van der Waals surface area (Å²) in [4.78, 5) is 12.7. The number of methoxy groups -OCH3 is 1. The van der Waals surface area contributed by atoms with Crippen LogP contribution in [0.2, 0.25) is 5.02 Å². The molecule has 4 aromatic rings. The number of rotatable bonds is 5. The van der Waals surface area contributed by atoms with Gasteiger partial charge in [-0.25, -0.2) is 0 Å². The Kier molecular flexibility index (Phi) is 6.63. The van der Waals surface area contributed by atoms with Gasteiger partial charge >= 0.3 is 6.18 Å². The summed E-state index contributed by atoms with van der Waals surface area (Å²) < 4.78 is 50.6. The first kappa shape index (κ1) is 24.4. The number of hydrogen-bond donors (Lipinski definition) is 1. The van der Waals surface area contributed by atoms with Crippen LogP contribution in [0.3, 0.4) is 0 Å². The minimum absolute atomic E-state index is 0.00172. The number of carbonyl (C=O) groups excluding carboxylic acids is 1. The molecule has 0 spiro atoms. The number of benzene rings is 3. The molecule has 0 bridgehead atoms. The maximum Gasteiger partial charge on any atom is 0.416 e. The minimum atomic E-state index is -4.56. The molecule has 4 nitrogen and oxygen atoms in total. The van der Waals surface area contributed by atoms with E-state index in [4.69, 9.17) is 20.8 Å². The molecule has 0 aliphatic heterocycles. The van der Waals surface area contributed by atoms with Crippen LogP contribution in [0.4, 0.5) is 18.9 Å². The van der Waals surface area contributed by atoms with E-state index in [9.17, 15) is 18.0 Å². The van der Waals surface area contributed by atoms with Gasteiger partial charge in [0.15, 0.2) is 0 Å². The third-order valence-corrected chi connectivity index (χ3v) is 5.99. The summed E-state index contributed by atoms with van der Waals surface area (Å²) in [6, 6.07) is 14.4. The minimum Gasteiger partial charge on any atom is -0.496 e. The zero-order valence-corrected chi connectivity index (χ0v) is 19.8. The van der Waals surface area contributed by atoms with Gasteiger partial charge in [-0.3, -0.25) is 4.79 Å². The molecule has 180 valence electrons. The largest absolute Gasteiger partial charge is 0.496 e. The van der Waals surface area contributed by atoms with E-state index in [0.717, 1.165) is 40.3 Å². The van der Waals surface area contributed by atoms with Crippen molar-refractivity contribution in [2.45, 2.75) is 20.0 Å². The fraction of sp³-hybridized carbons (Fsp3) is 0.148. The van der Waals surface area contributed by atoms with E-state index >= 15 is 0 Å². The van der Waals surface area contributed by atoms with Gasteiger partial charge in [-0.05, 0) is 49.2 Å². The SMILES string of the molecule is COc1c(/C(C)=C/C(=O)Nc2cc(C(F)(F)F)ccc2Cl)cc2c(-c3ccccc3)coc2c1C. The molecule has 0 unspecified atom stereocenters. The van der Waals surface area contributed by atoms with Gasteiger partial charge in [-0.15, -0.1) is 0 Å². The van der Waals surface area contributed by atoms with E-state index < -0.39 is 17.6 Å². The molecule has 1 aromatic heterocycles. The van der Waals surface area contributed by atoms with Crippen LogP contribution in [0, 0.1) is 6.92 Å². The van der Waals surface area contributed by atoms with Crippen LogP contribution >= 0.6 is 11.6 Å². The molecule has 0 atom stereocenters. The number of ether oxygens (including phenoxy) is 1. The summed E-state index contributed by atoms with van der Waals surface area (Å²) in [5, 5.41) is 3.28. The fourth-order valence-electron chi connectivity index (χ4n) is 3.95. The topological polar surface area (TPSA) is 51.5 Å². The fourth-order valence-corrected chi connectivity index (χ4v) is 4.12. The monoisotopic (exact) mass is 499 g/mol. The number of carbonyl (C=O) groups is 1. The summed E-state index contributed by atoms with van der Waals surface area (Å²) in [6.45, 7) is 3.58. The molecule has 1 heterocycles. The standard InChI is InChI=1S/C27H21ClF3NO3/c1-15(11-24(33)32-23-12-18(27(29,30)31)9-10-22(23)28)19-13-20-21(17-7-5-4-6-8-17)14-35-26(20)16(2)25(19)34-3/h4-14H,1-3H3,(H,32,33)/b15-11+. The second-order valence-electron chi connectivity index (χ2n) is 7.98. The van der Waals surface area contributed by atoms with Gasteiger partial charge in [0.2, 0.25) is 5.91 Å². The van der Waals surface area contributed by atoms with Crippen LogP contribution in [0.15, 0.2) is 71.4 Å². The molecule has 1 amide bonds. The Morgan fingerprint density at radius 3 is 2.49 bits per heavy atom. The molecule has 0 aliphatic carbocycles. The Hall–Kier alpha value is -3.71. The van der Waals surface area contributed by atoms with Crippen molar-refractivity contribution in [2.75, 3.05) is 12.4 Å². The second-order valence-corrected chi connectivity index (χ2v) is 8.39. The first-order valence-electron chi connectivity index (χ1n) is 10.6. The van der Waals surface area contributed by atoms with Crippen LogP contribution in [0.1, 0.15) is 23.6 Å². The number of alkyl halides is 3. The van der Waals surface area contributed by atoms with Crippen molar-refractivity contribution in [3.05, 3.63) is 88.6 Å². The average molecular weight is 500 g/mol. The van der Waals surface area contributed by atoms with Crippen molar-refractivity contribution >= 4 is 39.7 Å². The van der Waals surface area contributed by atoms with E-state index in [1.54, 1.807) is 13.2 Å². The zero-order chi connectivity index (χ0) is 25.3. The van der Waals surface area contributed by atoms with E-state index in [1.165, 1.54) is 13.2 Å². The highest BCUT2D eigenvalue weighted by Crippen LogP contribution is 2.40. The molecule has 0 saturated carbocycles. The number of hydrogen-bond acceptors (Lipinski definition) is 3. The maximum atomic E-state index is 13.1. The number of amides is 1. The van der Waals surface area contributed by atoms with Gasteiger partial charge in [-0.1, -0.05) is 41.9 Å². The molecule has 0 radical (unpaired) electrons. The Morgan fingerprint density at radius 2 is 1.83 bits per heavy atom. The average Bonchev–Trinajstić information content (AvgIpc) is 3.24. The zero-order valence-electron chi connectivity index (χ0n) is 19.1. The van der Waals surface area contributed by atoms with Gasteiger partial charge in [-0.2, -0.15) is 13.2 Å². The molecule has 4 rings (SSSR count). The highest BCUT2D eigenvalue weighted by atomic mass is 35.5. The molecule has 0 aliphatic rings. The van der Waals surface area contributed by atoms with Gasteiger partial charge in [0.25, 0.3) is 0 Å². The van der Waals surface area contributed by atoms with Gasteiger partial charge in [0.1, 0.15) is 11.3 Å². The number of anilines is 1. The Labute approximate surface area is 205 Å². The molecule has 35 heavy (non-hydrogen) atoms. The summed E-state index contributed by atoms with van der Waals surface area (Å²) in [6.07, 6.45) is -1.59. The number of furan rings is 1. The summed E-state index contributed by atoms with van der Waals surface area (Å²) in [5.41, 5.74) is 3.45. The molecular formula is C27H21ClF3NO3. The van der Waals surface area contributed by atoms with Crippen molar-refractivity contribution in [2.24, 2.45) is 0 Å². The number of halogens is 4. The summed E-state index contributed by atoms with van der Waals surface area (Å²) in [7, 11) is 1.52. The Bertz CT molecular complexity index is 1440. The van der Waals surface area contributed by atoms with E-state index in [-0.39, 0.29) is 10.7 Å². The van der Waals surface area contributed by atoms with Crippen LogP contribution in [0.5, 0.6) is 5.75 Å². The van der Waals surface area contributed by atoms with Crippen LogP contribution in [0.25, 0.3) is 27.7 Å². The van der Waals surface area contributed by atoms with E-state index in [2.05, 4.69) is 5.32 Å². The quantitative estimate of drug-likeness (QED) is 0.282. The lowest BCUT2D eigenvalue weighted by Gasteiger charge is -2.14. The molecular weight excluding hydrogens is 479 g/mol. The first-order chi connectivity index (χ1) is 16.6. The highest BCUT2D eigenvalue weighted by molar-refractivity contribution is 6.33. The van der Waals surface area contributed by atoms with Crippen molar-refractivity contribution in [3.63, 3.8) is 0 Å². The van der Waals surface area contributed by atoms with E-state index in [1.807, 2.05) is 43.3 Å². The van der Waals surface area contributed by atoms with Crippen LogP contribution < -0.4 is 10.1 Å². The molecule has 8 heteroatoms. The van der Waals surface area contributed by atoms with Crippen molar-refractivity contribution in [1.29, 1.82) is 0 Å². The highest BCUT2D eigenvalue weighted by Gasteiger charge is 2.31. The molecule has 0 fully saturated rings. The second kappa shape index (κ2) is 9.50. The Balaban J connectivity index is 1.73. The molecule has 3 aromatic carbocycles. The predicted molar refractivity (Wildman–Crippen MR) is 132 cm³/mol.